The number of amides is 1. The molecular formula is C15H21NO3. The van der Waals surface area contributed by atoms with Crippen LogP contribution in [0.4, 0.5) is 0 Å². The Hall–Kier alpha value is -1.58. The molecule has 2 atom stereocenters. The average Bonchev–Trinajstić information content (AvgIpc) is 2.39. The Morgan fingerprint density at radius 1 is 1.53 bits per heavy atom. The van der Waals surface area contributed by atoms with Crippen molar-refractivity contribution in [3.63, 3.8) is 0 Å². The molecule has 1 amide bonds. The number of allylic oxidation sites excluding steroid dienone is 3. The maximum atomic E-state index is 12.4. The zero-order chi connectivity index (χ0) is 13.8. The lowest BCUT2D eigenvalue weighted by Gasteiger charge is -2.35. The van der Waals surface area contributed by atoms with Gasteiger partial charge in [-0.15, -0.1) is 0 Å². The molecule has 0 saturated heterocycles. The van der Waals surface area contributed by atoms with Crippen molar-refractivity contribution in [2.75, 3.05) is 13.2 Å². The van der Waals surface area contributed by atoms with E-state index >= 15 is 0 Å². The van der Waals surface area contributed by atoms with E-state index in [0.717, 1.165) is 12.8 Å². The van der Waals surface area contributed by atoms with E-state index in [1.165, 1.54) is 5.57 Å². The third kappa shape index (κ3) is 3.25. The van der Waals surface area contributed by atoms with Gasteiger partial charge in [0.1, 0.15) is 0 Å². The molecule has 4 nitrogen and oxygen atoms in total. The smallest absolute Gasteiger partial charge is 0.307 e. The summed E-state index contributed by atoms with van der Waals surface area (Å²) < 4.78 is 4.88. The summed E-state index contributed by atoms with van der Waals surface area (Å²) in [7, 11) is 0. The molecule has 0 aromatic rings. The van der Waals surface area contributed by atoms with E-state index in [1.54, 1.807) is 11.8 Å². The van der Waals surface area contributed by atoms with Gasteiger partial charge in [-0.25, -0.2) is 0 Å². The van der Waals surface area contributed by atoms with Crippen molar-refractivity contribution in [1.29, 1.82) is 0 Å². The molecule has 0 aromatic carbocycles. The molecule has 2 aliphatic rings. The summed E-state index contributed by atoms with van der Waals surface area (Å²) in [4.78, 5) is 25.4. The fourth-order valence-corrected chi connectivity index (χ4v) is 2.70. The lowest BCUT2D eigenvalue weighted by Crippen LogP contribution is -2.41. The van der Waals surface area contributed by atoms with E-state index in [9.17, 15) is 9.59 Å². The highest BCUT2D eigenvalue weighted by atomic mass is 16.5. The fourth-order valence-electron chi connectivity index (χ4n) is 2.70. The van der Waals surface area contributed by atoms with Crippen LogP contribution in [0.3, 0.4) is 0 Å². The van der Waals surface area contributed by atoms with Gasteiger partial charge in [-0.2, -0.15) is 0 Å². The first-order valence-corrected chi connectivity index (χ1v) is 6.92. The Labute approximate surface area is 114 Å². The van der Waals surface area contributed by atoms with Crippen LogP contribution in [0.2, 0.25) is 0 Å². The maximum Gasteiger partial charge on any atom is 0.307 e. The first-order chi connectivity index (χ1) is 9.11. The van der Waals surface area contributed by atoms with Gasteiger partial charge in [0.05, 0.1) is 13.0 Å². The average molecular weight is 263 g/mol. The highest BCUT2D eigenvalue weighted by molar-refractivity contribution is 5.82. The summed E-state index contributed by atoms with van der Waals surface area (Å²) in [6, 6.07) is 0. The number of carbonyl (C=O) groups is 2. The minimum Gasteiger partial charge on any atom is -0.466 e. The van der Waals surface area contributed by atoms with Crippen molar-refractivity contribution in [2.24, 2.45) is 11.8 Å². The second kappa shape index (κ2) is 6.04. The van der Waals surface area contributed by atoms with Gasteiger partial charge < -0.3 is 9.64 Å². The molecule has 0 N–H and O–H groups in total. The molecule has 0 spiro atoms. The van der Waals surface area contributed by atoms with Crippen LogP contribution in [-0.2, 0) is 14.3 Å². The Kier molecular flexibility index (Phi) is 4.40. The zero-order valence-corrected chi connectivity index (χ0v) is 11.6. The lowest BCUT2D eigenvalue weighted by molar-refractivity contribution is -0.144. The number of nitrogens with zero attached hydrogens (tertiary/aromatic N) is 1. The molecule has 0 unspecified atom stereocenters. The number of fused-ring (bicyclic) bond motifs is 1. The molecule has 0 radical (unpaired) electrons. The number of hydrogen-bond acceptors (Lipinski definition) is 3. The second-order valence-corrected chi connectivity index (χ2v) is 5.19. The van der Waals surface area contributed by atoms with Crippen LogP contribution in [0.15, 0.2) is 23.9 Å². The number of hydrogen-bond donors (Lipinski definition) is 0. The van der Waals surface area contributed by atoms with Crippen molar-refractivity contribution in [1.82, 2.24) is 4.90 Å². The van der Waals surface area contributed by atoms with Crippen molar-refractivity contribution in [2.45, 2.75) is 33.1 Å². The van der Waals surface area contributed by atoms with Gasteiger partial charge in [0.15, 0.2) is 0 Å². The number of rotatable bonds is 4. The fraction of sp³-hybridized carbons (Fsp3) is 0.600. The number of ether oxygens (including phenoxy) is 1. The molecule has 104 valence electrons. The topological polar surface area (TPSA) is 46.6 Å². The monoisotopic (exact) mass is 263 g/mol. The molecule has 0 aromatic heterocycles. The third-order valence-corrected chi connectivity index (χ3v) is 3.77. The van der Waals surface area contributed by atoms with Crippen LogP contribution in [-0.4, -0.2) is 29.9 Å². The van der Waals surface area contributed by atoms with Crippen molar-refractivity contribution in [3.8, 4) is 0 Å². The van der Waals surface area contributed by atoms with E-state index in [-0.39, 0.29) is 24.2 Å². The molecule has 1 aliphatic carbocycles. The van der Waals surface area contributed by atoms with E-state index in [4.69, 9.17) is 4.74 Å². The summed E-state index contributed by atoms with van der Waals surface area (Å²) in [6.07, 6.45) is 8.19. The van der Waals surface area contributed by atoms with Crippen molar-refractivity contribution >= 4 is 11.9 Å². The first-order valence-electron chi connectivity index (χ1n) is 6.92. The first kappa shape index (κ1) is 13.8. The molecule has 1 aliphatic heterocycles. The van der Waals surface area contributed by atoms with Gasteiger partial charge in [0.2, 0.25) is 5.91 Å². The van der Waals surface area contributed by atoms with Gasteiger partial charge >= 0.3 is 5.97 Å². The summed E-state index contributed by atoms with van der Waals surface area (Å²) in [6.45, 7) is 4.66. The minimum absolute atomic E-state index is 0.0530. The largest absolute Gasteiger partial charge is 0.466 e. The highest BCUT2D eigenvalue weighted by Gasteiger charge is 2.34. The van der Waals surface area contributed by atoms with Gasteiger partial charge in [0.25, 0.3) is 0 Å². The van der Waals surface area contributed by atoms with Crippen LogP contribution in [0, 0.1) is 11.8 Å². The molecule has 19 heavy (non-hydrogen) atoms. The van der Waals surface area contributed by atoms with E-state index < -0.39 is 0 Å². The van der Waals surface area contributed by atoms with Crippen LogP contribution >= 0.6 is 0 Å². The SMILES string of the molecule is CCOC(=O)CCN1C=C[C@@H]2CC=C(C)C[C@H]2C1=O. The Bertz CT molecular complexity index is 425. The molecule has 1 heterocycles. The van der Waals surface area contributed by atoms with Gasteiger partial charge in [-0.1, -0.05) is 17.7 Å². The van der Waals surface area contributed by atoms with Gasteiger partial charge in [0, 0.05) is 18.7 Å². The van der Waals surface area contributed by atoms with E-state index in [1.807, 2.05) is 6.20 Å². The Morgan fingerprint density at radius 3 is 3.05 bits per heavy atom. The molecule has 0 saturated carbocycles. The number of carbonyl (C=O) groups excluding carboxylic acids is 2. The standard InChI is InChI=1S/C15H21NO3/c1-3-19-14(17)7-9-16-8-6-12-5-4-11(2)10-13(12)15(16)18/h4,6,8,12-13H,3,5,7,9-10H2,1-2H3/t12-,13+/m0/s1. The molecule has 2 rings (SSSR count). The predicted molar refractivity (Wildman–Crippen MR) is 72.1 cm³/mol. The highest BCUT2D eigenvalue weighted by Crippen LogP contribution is 2.34. The van der Waals surface area contributed by atoms with Crippen molar-refractivity contribution in [3.05, 3.63) is 23.9 Å². The summed E-state index contributed by atoms with van der Waals surface area (Å²) in [5.74, 6) is 0.280. The quantitative estimate of drug-likeness (QED) is 0.577. The molecule has 0 fully saturated rings. The van der Waals surface area contributed by atoms with Crippen LogP contribution < -0.4 is 0 Å². The normalized spacial score (nSPS) is 25.9. The lowest BCUT2D eigenvalue weighted by atomic mass is 9.77. The van der Waals surface area contributed by atoms with Crippen LogP contribution in [0.1, 0.15) is 33.1 Å². The van der Waals surface area contributed by atoms with Gasteiger partial charge in [-0.05, 0) is 32.6 Å². The molecular weight excluding hydrogens is 242 g/mol. The van der Waals surface area contributed by atoms with Gasteiger partial charge in [-0.3, -0.25) is 9.59 Å². The van der Waals surface area contributed by atoms with E-state index in [2.05, 4.69) is 19.1 Å². The maximum absolute atomic E-state index is 12.4. The van der Waals surface area contributed by atoms with Crippen LogP contribution in [0.25, 0.3) is 0 Å². The summed E-state index contributed by atoms with van der Waals surface area (Å²) in [5, 5.41) is 0. The second-order valence-electron chi connectivity index (χ2n) is 5.19. The molecule has 0 bridgehead atoms. The Morgan fingerprint density at radius 2 is 2.32 bits per heavy atom. The predicted octanol–water partition coefficient (Wildman–Crippen LogP) is 2.27. The minimum atomic E-state index is -0.245. The van der Waals surface area contributed by atoms with Crippen LogP contribution in [0.5, 0.6) is 0 Å². The summed E-state index contributed by atoms with van der Waals surface area (Å²) >= 11 is 0. The zero-order valence-electron chi connectivity index (χ0n) is 11.6. The van der Waals surface area contributed by atoms with E-state index in [0.29, 0.717) is 19.1 Å². The third-order valence-electron chi connectivity index (χ3n) is 3.77. The Balaban J connectivity index is 1.94. The van der Waals surface area contributed by atoms with Crippen molar-refractivity contribution < 1.29 is 14.3 Å². The number of esters is 1. The summed E-state index contributed by atoms with van der Waals surface area (Å²) in [5.41, 5.74) is 1.29. The molecule has 4 heteroatoms.